The lowest BCUT2D eigenvalue weighted by atomic mass is 9.87. The predicted molar refractivity (Wildman–Crippen MR) is 87.9 cm³/mol. The molecule has 1 aromatic heterocycles. The van der Waals surface area contributed by atoms with Crippen molar-refractivity contribution in [3.63, 3.8) is 0 Å². The van der Waals surface area contributed by atoms with E-state index in [4.69, 9.17) is 9.47 Å². The van der Waals surface area contributed by atoms with Crippen LogP contribution in [0.1, 0.15) is 13.8 Å². The number of hydrogen-bond donors (Lipinski definition) is 0. The number of ether oxygens (including phenoxy) is 2. The van der Waals surface area contributed by atoms with Gasteiger partial charge in [0.2, 0.25) is 0 Å². The lowest BCUT2D eigenvalue weighted by molar-refractivity contribution is -0.139. The summed E-state index contributed by atoms with van der Waals surface area (Å²) in [5.74, 6) is -0.826. The number of esters is 2. The van der Waals surface area contributed by atoms with Gasteiger partial charge in [0.05, 0.1) is 25.4 Å². The number of carbonyl (C=O) groups excluding carboxylic acids is 2. The zero-order valence-corrected chi connectivity index (χ0v) is 14.6. The largest absolute Gasteiger partial charge is 0.466 e. The molecule has 1 aromatic rings. The van der Waals surface area contributed by atoms with E-state index in [1.807, 2.05) is 11.4 Å². The molecule has 0 radical (unpaired) electrons. The third-order valence-corrected chi connectivity index (χ3v) is 9.09. The fourth-order valence-electron chi connectivity index (χ4n) is 3.34. The summed E-state index contributed by atoms with van der Waals surface area (Å²) < 4.78 is 11.1. The number of carbonyl (C=O) groups is 2. The second kappa shape index (κ2) is 5.64. The molecule has 0 aliphatic carbocycles. The van der Waals surface area contributed by atoms with E-state index in [0.717, 1.165) is 0 Å². The minimum absolute atomic E-state index is 0.0276. The second-order valence-electron chi connectivity index (χ2n) is 5.34. The lowest BCUT2D eigenvalue weighted by Crippen LogP contribution is -2.24. The Labute approximate surface area is 134 Å². The summed E-state index contributed by atoms with van der Waals surface area (Å²) in [6.45, 7) is 4.11. The third-order valence-electron chi connectivity index (χ3n) is 4.41. The molecule has 116 valence electrons. The molecule has 0 saturated carbocycles. The fourth-order valence-corrected chi connectivity index (χ4v) is 8.45. The van der Waals surface area contributed by atoms with Crippen molar-refractivity contribution >= 4 is 35.8 Å². The Balaban J connectivity index is 2.17. The molecular weight excluding hydrogens is 319 g/mol. The van der Waals surface area contributed by atoms with Crippen molar-refractivity contribution < 1.29 is 19.1 Å². The van der Waals surface area contributed by atoms with E-state index < -0.39 is 19.9 Å². The molecule has 0 aromatic carbocycles. The van der Waals surface area contributed by atoms with Gasteiger partial charge in [-0.15, -0.1) is 11.3 Å². The molecule has 0 spiro atoms. The van der Waals surface area contributed by atoms with Gasteiger partial charge < -0.3 is 9.47 Å². The number of rotatable bonds is 3. The second-order valence-corrected chi connectivity index (χ2v) is 8.92. The van der Waals surface area contributed by atoms with Crippen molar-refractivity contribution in [3.05, 3.63) is 39.8 Å². The molecule has 22 heavy (non-hydrogen) atoms. The molecule has 2 aliphatic heterocycles. The van der Waals surface area contributed by atoms with Crippen LogP contribution >= 0.6 is 19.3 Å². The van der Waals surface area contributed by atoms with Gasteiger partial charge in [-0.05, 0) is 33.2 Å². The van der Waals surface area contributed by atoms with Crippen LogP contribution in [-0.2, 0) is 19.1 Å². The maximum atomic E-state index is 12.3. The number of allylic oxidation sites excluding steroid dienone is 2. The van der Waals surface area contributed by atoms with Gasteiger partial charge in [0.1, 0.15) is 0 Å². The van der Waals surface area contributed by atoms with Crippen molar-refractivity contribution in [2.75, 3.05) is 14.2 Å². The van der Waals surface area contributed by atoms with Crippen LogP contribution in [-0.4, -0.2) is 37.5 Å². The molecule has 6 heteroatoms. The summed E-state index contributed by atoms with van der Waals surface area (Å²) >= 11 is 1.69. The standard InChI is InChI=1S/C16H17O4PS/c1-8-9(2)14-12(16(18)20-4)11(15(17)19-3)13(8)21(14)10-6-5-7-22-10/h5-7,13-14H,1-4H3. The normalized spacial score (nSPS) is 26.6. The quantitative estimate of drug-likeness (QED) is 0.484. The summed E-state index contributed by atoms with van der Waals surface area (Å²) in [7, 11) is 2.03. The van der Waals surface area contributed by atoms with E-state index in [2.05, 4.69) is 19.9 Å². The van der Waals surface area contributed by atoms with E-state index in [1.54, 1.807) is 11.3 Å². The van der Waals surface area contributed by atoms with Crippen LogP contribution in [0.3, 0.4) is 0 Å². The van der Waals surface area contributed by atoms with E-state index in [-0.39, 0.29) is 11.3 Å². The van der Waals surface area contributed by atoms with Gasteiger partial charge in [0.25, 0.3) is 0 Å². The minimum Gasteiger partial charge on any atom is -0.466 e. The smallest absolute Gasteiger partial charge is 0.335 e. The van der Waals surface area contributed by atoms with E-state index >= 15 is 0 Å². The summed E-state index contributed by atoms with van der Waals surface area (Å²) in [6.07, 6.45) is 0. The van der Waals surface area contributed by atoms with Crippen LogP contribution in [0.2, 0.25) is 0 Å². The maximum Gasteiger partial charge on any atom is 0.335 e. The van der Waals surface area contributed by atoms with Crippen molar-refractivity contribution in [3.8, 4) is 0 Å². The van der Waals surface area contributed by atoms with Gasteiger partial charge in [-0.25, -0.2) is 9.59 Å². The molecule has 3 heterocycles. The molecule has 2 bridgehead atoms. The first-order valence-electron chi connectivity index (χ1n) is 6.92. The van der Waals surface area contributed by atoms with Crippen LogP contribution in [0.4, 0.5) is 0 Å². The van der Waals surface area contributed by atoms with Crippen LogP contribution in [0, 0.1) is 0 Å². The summed E-state index contributed by atoms with van der Waals surface area (Å²) in [4.78, 5) is 24.6. The molecule has 2 unspecified atom stereocenters. The Morgan fingerprint density at radius 2 is 1.55 bits per heavy atom. The number of methoxy groups -OCH3 is 2. The molecule has 4 nitrogen and oxygen atoms in total. The highest BCUT2D eigenvalue weighted by molar-refractivity contribution is 7.74. The lowest BCUT2D eigenvalue weighted by Gasteiger charge is -2.18. The van der Waals surface area contributed by atoms with Gasteiger partial charge >= 0.3 is 11.9 Å². The van der Waals surface area contributed by atoms with Gasteiger partial charge in [0, 0.05) is 15.9 Å². The van der Waals surface area contributed by atoms with Crippen molar-refractivity contribution in [2.24, 2.45) is 0 Å². The van der Waals surface area contributed by atoms with E-state index in [1.165, 1.54) is 30.0 Å². The average Bonchev–Trinajstić information content (AvgIpc) is 3.20. The Morgan fingerprint density at radius 3 is 1.91 bits per heavy atom. The summed E-state index contributed by atoms with van der Waals surface area (Å²) in [5, 5.41) is 2.04. The van der Waals surface area contributed by atoms with Crippen LogP contribution in [0.15, 0.2) is 39.8 Å². The highest BCUT2D eigenvalue weighted by Crippen LogP contribution is 2.67. The molecule has 0 fully saturated rings. The molecule has 3 rings (SSSR count). The monoisotopic (exact) mass is 336 g/mol. The van der Waals surface area contributed by atoms with Gasteiger partial charge in [-0.3, -0.25) is 0 Å². The Bertz CT molecular complexity index is 660. The summed E-state index contributed by atoms with van der Waals surface area (Å²) in [5.41, 5.74) is 3.33. The SMILES string of the molecule is COC(=O)C1=C(C(=O)OC)C2C(C)=C(C)C1P2c1cccs1. The number of fused-ring (bicyclic) bond motifs is 2. The molecule has 0 amide bonds. The molecule has 2 atom stereocenters. The Morgan fingerprint density at radius 1 is 1.05 bits per heavy atom. The first kappa shape index (κ1) is 15.4. The molecule has 2 aliphatic rings. The zero-order chi connectivity index (χ0) is 16.0. The van der Waals surface area contributed by atoms with Gasteiger partial charge in [-0.1, -0.05) is 17.2 Å². The van der Waals surface area contributed by atoms with Gasteiger partial charge in [0.15, 0.2) is 0 Å². The molecule has 0 N–H and O–H groups in total. The number of hydrogen-bond acceptors (Lipinski definition) is 5. The highest BCUT2D eigenvalue weighted by atomic mass is 32.1. The minimum atomic E-state index is -0.679. The highest BCUT2D eigenvalue weighted by Gasteiger charge is 2.55. The zero-order valence-electron chi connectivity index (χ0n) is 12.9. The van der Waals surface area contributed by atoms with Crippen molar-refractivity contribution in [1.82, 2.24) is 0 Å². The van der Waals surface area contributed by atoms with Gasteiger partial charge in [-0.2, -0.15) is 0 Å². The third kappa shape index (κ3) is 1.99. The Kier molecular flexibility index (Phi) is 3.96. The van der Waals surface area contributed by atoms with E-state index in [0.29, 0.717) is 11.1 Å². The van der Waals surface area contributed by atoms with Crippen molar-refractivity contribution in [1.29, 1.82) is 0 Å². The van der Waals surface area contributed by atoms with Crippen LogP contribution in [0.5, 0.6) is 0 Å². The average molecular weight is 336 g/mol. The van der Waals surface area contributed by atoms with Crippen LogP contribution < -0.4 is 4.62 Å². The summed E-state index contributed by atoms with van der Waals surface area (Å²) in [6, 6.07) is 4.11. The van der Waals surface area contributed by atoms with Crippen molar-refractivity contribution in [2.45, 2.75) is 25.2 Å². The maximum absolute atomic E-state index is 12.3. The first-order chi connectivity index (χ1) is 10.5. The van der Waals surface area contributed by atoms with Crippen LogP contribution in [0.25, 0.3) is 0 Å². The van der Waals surface area contributed by atoms with E-state index in [9.17, 15) is 9.59 Å². The topological polar surface area (TPSA) is 52.6 Å². The predicted octanol–water partition coefficient (Wildman–Crippen LogP) is 2.60. The fraction of sp³-hybridized carbons (Fsp3) is 0.375. The molecule has 0 saturated heterocycles. The molecular formula is C16H17O4PS. The first-order valence-corrected chi connectivity index (χ1v) is 9.28. The number of thiophene rings is 1. The Hall–Kier alpha value is -1.45.